The number of Topliss-reactive ketones (excluding diaryl/α,β-unsaturated/α-hetero) is 1. The molecule has 5 nitrogen and oxygen atoms in total. The van der Waals surface area contributed by atoms with E-state index in [1.54, 1.807) is 0 Å². The van der Waals surface area contributed by atoms with E-state index in [0.29, 0.717) is 6.42 Å². The number of carbonyl (C=O) groups is 2. The Bertz CT molecular complexity index is 617. The lowest BCUT2D eigenvalue weighted by atomic mass is 9.77. The molecule has 2 fully saturated rings. The lowest BCUT2D eigenvalue weighted by Gasteiger charge is -2.42. The molecule has 1 aliphatic heterocycles. The Hall–Kier alpha value is -1.55. The highest BCUT2D eigenvalue weighted by atomic mass is 19.4. The van der Waals surface area contributed by atoms with Gasteiger partial charge in [0, 0.05) is 5.57 Å². The maximum Gasteiger partial charge on any atom is 0.450 e. The minimum Gasteiger partial charge on any atom is -0.446 e. The Labute approximate surface area is 146 Å². The Balaban J connectivity index is 2.57. The molecular weight excluding hydrogens is 367 g/mol. The summed E-state index contributed by atoms with van der Waals surface area (Å²) in [6.45, 7) is 4.11. The number of hydrogen-bond acceptors (Lipinski definition) is 5. The van der Waals surface area contributed by atoms with Crippen molar-refractivity contribution in [3.05, 3.63) is 12.2 Å². The Morgan fingerprint density at radius 3 is 2.35 bits per heavy atom. The molecule has 1 aliphatic carbocycles. The molecule has 2 aliphatic rings. The summed E-state index contributed by atoms with van der Waals surface area (Å²) >= 11 is 0. The summed E-state index contributed by atoms with van der Waals surface area (Å²) in [4.78, 5) is 22.9. The smallest absolute Gasteiger partial charge is 0.446 e. The molecule has 0 bridgehead atoms. The van der Waals surface area contributed by atoms with E-state index in [4.69, 9.17) is 9.47 Å². The fourth-order valence-electron chi connectivity index (χ4n) is 3.27. The number of rotatable bonds is 5. The number of ketones is 1. The average Bonchev–Trinajstić information content (AvgIpc) is 2.70. The lowest BCUT2D eigenvalue weighted by molar-refractivity contribution is -0.423. The van der Waals surface area contributed by atoms with Crippen LogP contribution < -0.4 is 0 Å². The van der Waals surface area contributed by atoms with Crippen LogP contribution in [0.15, 0.2) is 12.2 Å². The third-order valence-electron chi connectivity index (χ3n) is 4.51. The molecule has 148 valence electrons. The van der Waals surface area contributed by atoms with Crippen LogP contribution in [0.4, 0.5) is 22.0 Å². The van der Waals surface area contributed by atoms with Gasteiger partial charge < -0.3 is 14.2 Å². The van der Waals surface area contributed by atoms with Crippen LogP contribution in [0.5, 0.6) is 0 Å². The second-order valence-corrected chi connectivity index (χ2v) is 6.59. The second kappa shape index (κ2) is 6.56. The van der Waals surface area contributed by atoms with Gasteiger partial charge in [0.25, 0.3) is 0 Å². The first-order valence-electron chi connectivity index (χ1n) is 7.95. The number of halogens is 5. The summed E-state index contributed by atoms with van der Waals surface area (Å²) in [6.07, 6.45) is -7.70. The van der Waals surface area contributed by atoms with Crippen LogP contribution in [0.25, 0.3) is 0 Å². The molecule has 26 heavy (non-hydrogen) atoms. The van der Waals surface area contributed by atoms with Crippen LogP contribution >= 0.6 is 0 Å². The molecule has 0 aromatic heterocycles. The van der Waals surface area contributed by atoms with E-state index in [1.165, 1.54) is 6.92 Å². The van der Waals surface area contributed by atoms with E-state index in [2.05, 4.69) is 11.3 Å². The summed E-state index contributed by atoms with van der Waals surface area (Å²) in [5.41, 5.74) is -3.10. The van der Waals surface area contributed by atoms with Gasteiger partial charge in [0.15, 0.2) is 5.78 Å². The Kier molecular flexibility index (Phi) is 5.24. The molecule has 0 N–H and O–H groups in total. The van der Waals surface area contributed by atoms with Gasteiger partial charge in [-0.05, 0) is 33.1 Å². The van der Waals surface area contributed by atoms with Crippen LogP contribution in [0.2, 0.25) is 0 Å². The molecule has 0 spiro atoms. The molecular formula is C16H19F5O5. The minimum atomic E-state index is -5.67. The molecule has 0 amide bonds. The standard InChI is InChI=1S/C16H19F5O5/c1-9(2)12(23)26-13-7-5-4-6-11(13)25-15(14(13,17)18,16(19,20)21)24-8-10(3)22/h11H,1,4-8H2,2-3H3. The zero-order chi connectivity index (χ0) is 20.0. The first-order valence-corrected chi connectivity index (χ1v) is 7.95. The SMILES string of the molecule is C=C(C)C(=O)OC12CCCCC1OC(OCC(C)=O)(C(F)(F)F)C2(F)F. The number of ether oxygens (including phenoxy) is 3. The van der Waals surface area contributed by atoms with E-state index in [1.807, 2.05) is 0 Å². The number of alkyl halides is 5. The molecule has 0 radical (unpaired) electrons. The van der Waals surface area contributed by atoms with Crippen molar-refractivity contribution in [2.75, 3.05) is 6.61 Å². The predicted molar refractivity (Wildman–Crippen MR) is 77.3 cm³/mol. The van der Waals surface area contributed by atoms with Crippen LogP contribution in [-0.4, -0.2) is 48.0 Å². The predicted octanol–water partition coefficient (Wildman–Crippen LogP) is 3.32. The number of hydrogen-bond donors (Lipinski definition) is 0. The molecule has 1 heterocycles. The van der Waals surface area contributed by atoms with Crippen molar-refractivity contribution >= 4 is 11.8 Å². The number of carbonyl (C=O) groups excluding carboxylic acids is 2. The second-order valence-electron chi connectivity index (χ2n) is 6.59. The highest BCUT2D eigenvalue weighted by Crippen LogP contribution is 2.62. The summed E-state index contributed by atoms with van der Waals surface area (Å²) in [7, 11) is 0. The normalized spacial score (nSPS) is 33.4. The van der Waals surface area contributed by atoms with Gasteiger partial charge in [0.05, 0.1) is 0 Å². The largest absolute Gasteiger partial charge is 0.450 e. The van der Waals surface area contributed by atoms with Crippen molar-refractivity contribution in [3.63, 3.8) is 0 Å². The fourth-order valence-corrected chi connectivity index (χ4v) is 3.27. The van der Waals surface area contributed by atoms with Gasteiger partial charge in [0.2, 0.25) is 5.60 Å². The van der Waals surface area contributed by atoms with Gasteiger partial charge in [0.1, 0.15) is 12.7 Å². The Morgan fingerprint density at radius 2 is 1.85 bits per heavy atom. The maximum atomic E-state index is 15.2. The third kappa shape index (κ3) is 2.92. The van der Waals surface area contributed by atoms with Gasteiger partial charge in [-0.15, -0.1) is 0 Å². The summed E-state index contributed by atoms with van der Waals surface area (Å²) < 4.78 is 85.4. The van der Waals surface area contributed by atoms with Crippen LogP contribution in [0.1, 0.15) is 39.5 Å². The average molecular weight is 386 g/mol. The van der Waals surface area contributed by atoms with Gasteiger partial charge in [-0.25, -0.2) is 4.79 Å². The minimum absolute atomic E-state index is 0.111. The maximum absolute atomic E-state index is 15.2. The van der Waals surface area contributed by atoms with Crippen LogP contribution in [0.3, 0.4) is 0 Å². The summed E-state index contributed by atoms with van der Waals surface area (Å²) in [5.74, 6) is -11.3. The van der Waals surface area contributed by atoms with E-state index in [0.717, 1.165) is 6.92 Å². The van der Waals surface area contributed by atoms with E-state index < -0.39 is 54.4 Å². The van der Waals surface area contributed by atoms with Crippen molar-refractivity contribution in [2.24, 2.45) is 0 Å². The van der Waals surface area contributed by atoms with E-state index in [-0.39, 0.29) is 18.4 Å². The molecule has 0 aromatic carbocycles. The first-order chi connectivity index (χ1) is 11.8. The zero-order valence-electron chi connectivity index (χ0n) is 14.3. The van der Waals surface area contributed by atoms with Gasteiger partial charge in [-0.2, -0.15) is 22.0 Å². The zero-order valence-corrected chi connectivity index (χ0v) is 14.3. The lowest BCUT2D eigenvalue weighted by Crippen LogP contribution is -2.66. The summed E-state index contributed by atoms with van der Waals surface area (Å²) in [6, 6.07) is 0. The molecule has 1 saturated carbocycles. The van der Waals surface area contributed by atoms with E-state index >= 15 is 8.78 Å². The quantitative estimate of drug-likeness (QED) is 0.412. The highest BCUT2D eigenvalue weighted by Gasteiger charge is 2.88. The molecule has 1 saturated heterocycles. The molecule has 3 unspecified atom stereocenters. The number of fused-ring (bicyclic) bond motifs is 1. The molecule has 0 aromatic rings. The van der Waals surface area contributed by atoms with Gasteiger partial charge in [-0.1, -0.05) is 13.0 Å². The van der Waals surface area contributed by atoms with Gasteiger partial charge in [-0.3, -0.25) is 4.79 Å². The molecule has 3 atom stereocenters. The van der Waals surface area contributed by atoms with Crippen molar-refractivity contribution in [3.8, 4) is 0 Å². The van der Waals surface area contributed by atoms with Crippen molar-refractivity contribution in [1.29, 1.82) is 0 Å². The fraction of sp³-hybridized carbons (Fsp3) is 0.750. The van der Waals surface area contributed by atoms with Crippen molar-refractivity contribution in [2.45, 2.75) is 69.1 Å². The van der Waals surface area contributed by atoms with Gasteiger partial charge >= 0.3 is 23.9 Å². The van der Waals surface area contributed by atoms with E-state index in [9.17, 15) is 22.8 Å². The third-order valence-corrected chi connectivity index (χ3v) is 4.51. The summed E-state index contributed by atoms with van der Waals surface area (Å²) in [5, 5.41) is 0. The molecule has 2 rings (SSSR count). The Morgan fingerprint density at radius 1 is 1.23 bits per heavy atom. The number of esters is 1. The van der Waals surface area contributed by atoms with Crippen molar-refractivity contribution < 1.29 is 45.8 Å². The molecule has 10 heteroatoms. The van der Waals surface area contributed by atoms with Crippen molar-refractivity contribution in [1.82, 2.24) is 0 Å². The first kappa shape index (κ1) is 20.8. The highest BCUT2D eigenvalue weighted by molar-refractivity contribution is 5.87. The monoisotopic (exact) mass is 386 g/mol. The van der Waals surface area contributed by atoms with Crippen LogP contribution in [-0.2, 0) is 23.8 Å². The van der Waals surface area contributed by atoms with Crippen LogP contribution in [0, 0.1) is 0 Å². The topological polar surface area (TPSA) is 61.8 Å².